The third kappa shape index (κ3) is 4.43. The zero-order chi connectivity index (χ0) is 17.2. The summed E-state index contributed by atoms with van der Waals surface area (Å²) in [5.41, 5.74) is 0.643. The fraction of sp³-hybridized carbons (Fsp3) is 0.200. The predicted octanol–water partition coefficient (Wildman–Crippen LogP) is 4.98. The first-order valence-electron chi connectivity index (χ1n) is 6.28. The molecule has 0 aliphatic rings. The molecule has 8 heteroatoms. The molecule has 0 amide bonds. The van der Waals surface area contributed by atoms with E-state index < -0.39 is 18.2 Å². The van der Waals surface area contributed by atoms with Gasteiger partial charge in [-0.1, -0.05) is 35.3 Å². The van der Waals surface area contributed by atoms with Gasteiger partial charge in [0.1, 0.15) is 17.6 Å². The molecular weight excluding hydrogens is 356 g/mol. The Kier molecular flexibility index (Phi) is 5.29. The molecule has 0 heterocycles. The van der Waals surface area contributed by atoms with Crippen LogP contribution in [0.3, 0.4) is 0 Å². The second-order valence-electron chi connectivity index (χ2n) is 4.53. The first-order valence-corrected chi connectivity index (χ1v) is 7.03. The molecule has 1 unspecified atom stereocenters. The minimum atomic E-state index is -4.81. The van der Waals surface area contributed by atoms with Crippen molar-refractivity contribution >= 4 is 23.2 Å². The van der Waals surface area contributed by atoms with Gasteiger partial charge in [-0.15, -0.1) is 13.2 Å². The van der Waals surface area contributed by atoms with Crippen LogP contribution in [-0.4, -0.2) is 18.6 Å². The van der Waals surface area contributed by atoms with Gasteiger partial charge in [-0.2, -0.15) is 0 Å². The number of hydrogen-bond donors (Lipinski definition) is 1. The summed E-state index contributed by atoms with van der Waals surface area (Å²) in [6.07, 6.45) is -5.97. The van der Waals surface area contributed by atoms with E-state index in [1.54, 1.807) is 12.1 Å². The molecule has 1 N–H and O–H groups in total. The first-order chi connectivity index (χ1) is 10.7. The zero-order valence-corrected chi connectivity index (χ0v) is 13.2. The van der Waals surface area contributed by atoms with Gasteiger partial charge < -0.3 is 14.6 Å². The van der Waals surface area contributed by atoms with Crippen molar-refractivity contribution in [2.24, 2.45) is 0 Å². The average molecular weight is 367 g/mol. The monoisotopic (exact) mass is 366 g/mol. The smallest absolute Gasteiger partial charge is 0.495 e. The van der Waals surface area contributed by atoms with Crippen molar-refractivity contribution in [1.82, 2.24) is 0 Å². The standard InChI is InChI=1S/C15H11Cl2F3O3/c1-22-13-5-2-8(6-12(13)17)14(21)10-4-3-9(7-11(10)16)23-15(18,19)20/h2-7,14,21H,1H3. The normalized spacial score (nSPS) is 12.8. The molecule has 0 aliphatic heterocycles. The molecule has 2 aromatic rings. The van der Waals surface area contributed by atoms with Crippen LogP contribution < -0.4 is 9.47 Å². The van der Waals surface area contributed by atoms with Gasteiger partial charge in [-0.3, -0.25) is 0 Å². The van der Waals surface area contributed by atoms with Crippen molar-refractivity contribution in [2.75, 3.05) is 7.11 Å². The van der Waals surface area contributed by atoms with Crippen LogP contribution in [0.5, 0.6) is 11.5 Å². The summed E-state index contributed by atoms with van der Waals surface area (Å²) >= 11 is 11.9. The van der Waals surface area contributed by atoms with Crippen molar-refractivity contribution in [3.8, 4) is 11.5 Å². The lowest BCUT2D eigenvalue weighted by atomic mass is 10.0. The van der Waals surface area contributed by atoms with E-state index in [1.165, 1.54) is 19.2 Å². The lowest BCUT2D eigenvalue weighted by molar-refractivity contribution is -0.274. The number of alkyl halides is 3. The Hall–Kier alpha value is -1.63. The fourth-order valence-electron chi connectivity index (χ4n) is 1.96. The summed E-state index contributed by atoms with van der Waals surface area (Å²) in [5, 5.41) is 10.6. The average Bonchev–Trinajstić information content (AvgIpc) is 2.45. The van der Waals surface area contributed by atoms with Crippen LogP contribution in [0.25, 0.3) is 0 Å². The largest absolute Gasteiger partial charge is 0.573 e. The Bertz CT molecular complexity index is 705. The Morgan fingerprint density at radius 1 is 1.04 bits per heavy atom. The van der Waals surface area contributed by atoms with Crippen molar-refractivity contribution in [3.05, 3.63) is 57.6 Å². The highest BCUT2D eigenvalue weighted by molar-refractivity contribution is 6.32. The molecular formula is C15H11Cl2F3O3. The van der Waals surface area contributed by atoms with Crippen LogP contribution in [0, 0.1) is 0 Å². The molecule has 0 bridgehead atoms. The molecule has 0 aromatic heterocycles. The Balaban J connectivity index is 2.29. The van der Waals surface area contributed by atoms with Gasteiger partial charge in [-0.25, -0.2) is 0 Å². The number of hydrogen-bond acceptors (Lipinski definition) is 3. The maximum Gasteiger partial charge on any atom is 0.573 e. The molecule has 124 valence electrons. The van der Waals surface area contributed by atoms with Crippen molar-refractivity contribution in [3.63, 3.8) is 0 Å². The van der Waals surface area contributed by atoms with Crippen molar-refractivity contribution < 1.29 is 27.8 Å². The molecule has 2 rings (SSSR count). The van der Waals surface area contributed by atoms with E-state index in [0.29, 0.717) is 11.3 Å². The van der Waals surface area contributed by atoms with Gasteiger partial charge in [-0.05, 0) is 29.8 Å². The minimum Gasteiger partial charge on any atom is -0.495 e. The molecule has 0 saturated heterocycles. The highest BCUT2D eigenvalue weighted by Crippen LogP contribution is 2.35. The van der Waals surface area contributed by atoms with Gasteiger partial charge >= 0.3 is 6.36 Å². The molecule has 1 atom stereocenters. The van der Waals surface area contributed by atoms with E-state index in [0.717, 1.165) is 12.1 Å². The number of rotatable bonds is 4. The van der Waals surface area contributed by atoms with E-state index in [9.17, 15) is 18.3 Å². The molecule has 0 radical (unpaired) electrons. The van der Waals surface area contributed by atoms with E-state index in [1.807, 2.05) is 0 Å². The quantitative estimate of drug-likeness (QED) is 0.828. The van der Waals surface area contributed by atoms with Gasteiger partial charge in [0.2, 0.25) is 0 Å². The SMILES string of the molecule is COc1ccc(C(O)c2ccc(OC(F)(F)F)cc2Cl)cc1Cl. The number of aliphatic hydroxyl groups excluding tert-OH is 1. The summed E-state index contributed by atoms with van der Waals surface area (Å²) in [4.78, 5) is 0. The van der Waals surface area contributed by atoms with Crippen molar-refractivity contribution in [1.29, 1.82) is 0 Å². The van der Waals surface area contributed by atoms with E-state index >= 15 is 0 Å². The maximum atomic E-state index is 12.2. The molecule has 0 fully saturated rings. The van der Waals surface area contributed by atoms with Crippen LogP contribution in [0.1, 0.15) is 17.2 Å². The number of methoxy groups -OCH3 is 1. The minimum absolute atomic E-state index is 0.0637. The predicted molar refractivity (Wildman–Crippen MR) is 80.2 cm³/mol. The highest BCUT2D eigenvalue weighted by Gasteiger charge is 2.31. The van der Waals surface area contributed by atoms with Gasteiger partial charge in [0.05, 0.1) is 17.2 Å². The van der Waals surface area contributed by atoms with Crippen molar-refractivity contribution in [2.45, 2.75) is 12.5 Å². The highest BCUT2D eigenvalue weighted by atomic mass is 35.5. The summed E-state index contributed by atoms with van der Waals surface area (Å²) in [7, 11) is 1.45. The van der Waals surface area contributed by atoms with Gasteiger partial charge in [0.15, 0.2) is 0 Å². The lowest BCUT2D eigenvalue weighted by Gasteiger charge is -2.16. The maximum absolute atomic E-state index is 12.2. The van der Waals surface area contributed by atoms with Crippen LogP contribution in [0.2, 0.25) is 10.0 Å². The number of halogens is 5. The summed E-state index contributed by atoms with van der Waals surface area (Å²) < 4.78 is 45.3. The fourth-order valence-corrected chi connectivity index (χ4v) is 2.50. The van der Waals surface area contributed by atoms with Crippen LogP contribution in [-0.2, 0) is 0 Å². The van der Waals surface area contributed by atoms with Crippen LogP contribution in [0.4, 0.5) is 13.2 Å². The summed E-state index contributed by atoms with van der Waals surface area (Å²) in [5.74, 6) is -0.0335. The molecule has 0 aliphatic carbocycles. The van der Waals surface area contributed by atoms with Gasteiger partial charge in [0, 0.05) is 5.56 Å². The van der Waals surface area contributed by atoms with Crippen LogP contribution >= 0.6 is 23.2 Å². The molecule has 2 aromatic carbocycles. The second-order valence-corrected chi connectivity index (χ2v) is 5.34. The van der Waals surface area contributed by atoms with E-state index in [-0.39, 0.29) is 15.6 Å². The third-order valence-electron chi connectivity index (χ3n) is 2.99. The van der Waals surface area contributed by atoms with Gasteiger partial charge in [0.25, 0.3) is 0 Å². The molecule has 3 nitrogen and oxygen atoms in total. The molecule has 0 spiro atoms. The number of ether oxygens (including phenoxy) is 2. The Morgan fingerprint density at radius 3 is 2.26 bits per heavy atom. The summed E-state index contributed by atoms with van der Waals surface area (Å²) in [6.45, 7) is 0. The Morgan fingerprint density at radius 2 is 1.74 bits per heavy atom. The first kappa shape index (κ1) is 17.7. The van der Waals surface area contributed by atoms with E-state index in [4.69, 9.17) is 27.9 Å². The Labute approximate surface area is 140 Å². The number of aliphatic hydroxyl groups is 1. The molecule has 0 saturated carbocycles. The third-order valence-corrected chi connectivity index (χ3v) is 3.61. The second kappa shape index (κ2) is 6.86. The zero-order valence-electron chi connectivity index (χ0n) is 11.7. The summed E-state index contributed by atoms with van der Waals surface area (Å²) in [6, 6.07) is 7.94. The number of benzene rings is 2. The molecule has 23 heavy (non-hydrogen) atoms. The van der Waals surface area contributed by atoms with E-state index in [2.05, 4.69) is 4.74 Å². The topological polar surface area (TPSA) is 38.7 Å². The van der Waals surface area contributed by atoms with Crippen LogP contribution in [0.15, 0.2) is 36.4 Å². The lowest BCUT2D eigenvalue weighted by Crippen LogP contribution is -2.17.